The molecule has 30 heavy (non-hydrogen) atoms. The Morgan fingerprint density at radius 2 is 2.07 bits per heavy atom. The summed E-state index contributed by atoms with van der Waals surface area (Å²) in [6.45, 7) is 1.48. The molecular formula is C20H15N5O4S. The molecule has 150 valence electrons. The number of rotatable bonds is 5. The zero-order chi connectivity index (χ0) is 21.3. The maximum atomic E-state index is 12.5. The van der Waals surface area contributed by atoms with Crippen LogP contribution in [0.2, 0.25) is 0 Å². The van der Waals surface area contributed by atoms with Crippen molar-refractivity contribution in [3.8, 4) is 11.3 Å². The number of thiazole rings is 1. The Kier molecular flexibility index (Phi) is 5.07. The SMILES string of the molecule is Cc1ccc(-c2csc(NC(=O)Cn3c(=O)cnc4ccccc43)n2)cc1[N+](=O)[O-]. The number of nitrogens with one attached hydrogen (secondary N) is 1. The molecule has 2 aromatic carbocycles. The average molecular weight is 421 g/mol. The minimum absolute atomic E-state index is 0.00928. The van der Waals surface area contributed by atoms with Crippen molar-refractivity contribution in [1.82, 2.24) is 14.5 Å². The first-order chi connectivity index (χ1) is 14.4. The van der Waals surface area contributed by atoms with E-state index in [9.17, 15) is 19.7 Å². The topological polar surface area (TPSA) is 120 Å². The predicted octanol–water partition coefficient (Wildman–Crippen LogP) is 3.38. The molecule has 0 bridgehead atoms. The molecule has 0 aliphatic rings. The van der Waals surface area contributed by atoms with E-state index < -0.39 is 10.8 Å². The van der Waals surface area contributed by atoms with E-state index in [0.717, 1.165) is 0 Å². The smallest absolute Gasteiger partial charge is 0.272 e. The molecule has 0 atom stereocenters. The minimum atomic E-state index is -0.440. The number of carbonyl (C=O) groups is 1. The summed E-state index contributed by atoms with van der Waals surface area (Å²) < 4.78 is 1.34. The average Bonchev–Trinajstić information content (AvgIpc) is 3.18. The minimum Gasteiger partial charge on any atom is -0.300 e. The molecular weight excluding hydrogens is 406 g/mol. The highest BCUT2D eigenvalue weighted by molar-refractivity contribution is 7.14. The number of aromatic nitrogens is 3. The number of nitro benzene ring substituents is 1. The molecule has 4 rings (SSSR count). The summed E-state index contributed by atoms with van der Waals surface area (Å²) in [5.41, 5.74) is 2.47. The molecule has 1 N–H and O–H groups in total. The largest absolute Gasteiger partial charge is 0.300 e. The van der Waals surface area contributed by atoms with Crippen LogP contribution < -0.4 is 10.9 Å². The zero-order valence-corrected chi connectivity index (χ0v) is 16.5. The van der Waals surface area contributed by atoms with Crippen molar-refractivity contribution in [2.45, 2.75) is 13.5 Å². The molecule has 4 aromatic rings. The lowest BCUT2D eigenvalue weighted by molar-refractivity contribution is -0.385. The normalized spacial score (nSPS) is 10.8. The molecule has 1 amide bonds. The van der Waals surface area contributed by atoms with Crippen LogP contribution in [0.4, 0.5) is 10.8 Å². The predicted molar refractivity (Wildman–Crippen MR) is 114 cm³/mol. The maximum Gasteiger partial charge on any atom is 0.272 e. The summed E-state index contributed by atoms with van der Waals surface area (Å²) in [6, 6.07) is 11.9. The van der Waals surface area contributed by atoms with Crippen LogP contribution >= 0.6 is 11.3 Å². The maximum absolute atomic E-state index is 12.5. The van der Waals surface area contributed by atoms with E-state index >= 15 is 0 Å². The van der Waals surface area contributed by atoms with Crippen LogP contribution in [0.25, 0.3) is 22.3 Å². The van der Waals surface area contributed by atoms with E-state index in [-0.39, 0.29) is 17.8 Å². The zero-order valence-electron chi connectivity index (χ0n) is 15.7. The van der Waals surface area contributed by atoms with Gasteiger partial charge in [-0.1, -0.05) is 24.3 Å². The van der Waals surface area contributed by atoms with Gasteiger partial charge in [0.1, 0.15) is 6.54 Å². The van der Waals surface area contributed by atoms with Crippen LogP contribution in [-0.4, -0.2) is 25.4 Å². The van der Waals surface area contributed by atoms with E-state index in [4.69, 9.17) is 0 Å². The number of nitro groups is 1. The second-order valence-electron chi connectivity index (χ2n) is 6.52. The van der Waals surface area contributed by atoms with Crippen molar-refractivity contribution in [1.29, 1.82) is 0 Å². The van der Waals surface area contributed by atoms with Gasteiger partial charge < -0.3 is 5.32 Å². The summed E-state index contributed by atoms with van der Waals surface area (Å²) in [5, 5.41) is 15.9. The van der Waals surface area contributed by atoms with Crippen molar-refractivity contribution < 1.29 is 9.72 Å². The fourth-order valence-corrected chi connectivity index (χ4v) is 3.75. The van der Waals surface area contributed by atoms with Crippen LogP contribution in [0, 0.1) is 17.0 Å². The quantitative estimate of drug-likeness (QED) is 0.390. The molecule has 0 spiro atoms. The Morgan fingerprint density at radius 1 is 1.27 bits per heavy atom. The highest BCUT2D eigenvalue weighted by Crippen LogP contribution is 2.29. The highest BCUT2D eigenvalue weighted by Gasteiger charge is 2.15. The monoisotopic (exact) mass is 421 g/mol. The first kappa shape index (κ1) is 19.4. The molecule has 0 unspecified atom stereocenters. The molecule has 2 aromatic heterocycles. The summed E-state index contributed by atoms with van der Waals surface area (Å²) in [7, 11) is 0. The van der Waals surface area contributed by atoms with Gasteiger partial charge in [-0.3, -0.25) is 24.3 Å². The number of carbonyl (C=O) groups excluding carboxylic acids is 1. The highest BCUT2D eigenvalue weighted by atomic mass is 32.1. The molecule has 10 heteroatoms. The van der Waals surface area contributed by atoms with Crippen LogP contribution in [-0.2, 0) is 11.3 Å². The Labute approximate surface area is 173 Å². The second-order valence-corrected chi connectivity index (χ2v) is 7.37. The number of hydrogen-bond donors (Lipinski definition) is 1. The first-order valence-electron chi connectivity index (χ1n) is 8.88. The lowest BCUT2D eigenvalue weighted by atomic mass is 10.1. The number of para-hydroxylation sites is 2. The lowest BCUT2D eigenvalue weighted by Crippen LogP contribution is -2.27. The number of benzene rings is 2. The van der Waals surface area contributed by atoms with Gasteiger partial charge in [0.2, 0.25) is 5.91 Å². The first-order valence-corrected chi connectivity index (χ1v) is 9.76. The summed E-state index contributed by atoms with van der Waals surface area (Å²) >= 11 is 1.20. The third-order valence-electron chi connectivity index (χ3n) is 4.51. The summed E-state index contributed by atoms with van der Waals surface area (Å²) in [5.74, 6) is -0.413. The third-order valence-corrected chi connectivity index (χ3v) is 5.26. The van der Waals surface area contributed by atoms with Gasteiger partial charge in [0.25, 0.3) is 11.2 Å². The third kappa shape index (κ3) is 3.80. The molecule has 0 aliphatic heterocycles. The van der Waals surface area contributed by atoms with Crippen LogP contribution in [0.1, 0.15) is 5.56 Å². The van der Waals surface area contributed by atoms with E-state index in [1.54, 1.807) is 48.7 Å². The van der Waals surface area contributed by atoms with Crippen molar-refractivity contribution >= 4 is 39.1 Å². The number of fused-ring (bicyclic) bond motifs is 1. The Bertz CT molecular complexity index is 1340. The molecule has 0 aliphatic carbocycles. The van der Waals surface area contributed by atoms with Gasteiger partial charge in [0.05, 0.1) is 27.8 Å². The fraction of sp³-hybridized carbons (Fsp3) is 0.100. The molecule has 0 saturated heterocycles. The summed E-state index contributed by atoms with van der Waals surface area (Å²) in [6.07, 6.45) is 1.18. The van der Waals surface area contributed by atoms with Crippen molar-refractivity contribution in [3.63, 3.8) is 0 Å². The van der Waals surface area contributed by atoms with Crippen molar-refractivity contribution in [3.05, 3.63) is 80.1 Å². The van der Waals surface area contributed by atoms with E-state index in [2.05, 4.69) is 15.3 Å². The number of aryl methyl sites for hydroxylation is 1. The van der Waals surface area contributed by atoms with E-state index in [1.165, 1.54) is 28.2 Å². The molecule has 0 saturated carbocycles. The number of anilines is 1. The van der Waals surface area contributed by atoms with Crippen LogP contribution in [0.5, 0.6) is 0 Å². The number of amides is 1. The number of nitrogens with zero attached hydrogens (tertiary/aromatic N) is 4. The Hall–Kier alpha value is -3.92. The standard InChI is InChI=1S/C20H15N5O4S/c1-12-6-7-13(8-17(12)25(28)29)15-11-30-20(22-15)23-18(26)10-24-16-5-3-2-4-14(16)21-9-19(24)27/h2-9,11H,10H2,1H3,(H,22,23,26). The van der Waals surface area contributed by atoms with E-state index in [1.807, 2.05) is 0 Å². The van der Waals surface area contributed by atoms with Crippen LogP contribution in [0.3, 0.4) is 0 Å². The molecule has 2 heterocycles. The van der Waals surface area contributed by atoms with Crippen LogP contribution in [0.15, 0.2) is 58.8 Å². The second kappa shape index (κ2) is 7.84. The molecule has 0 radical (unpaired) electrons. The van der Waals surface area contributed by atoms with Gasteiger partial charge in [-0.15, -0.1) is 11.3 Å². The lowest BCUT2D eigenvalue weighted by Gasteiger charge is -2.08. The van der Waals surface area contributed by atoms with Gasteiger partial charge in [-0.2, -0.15) is 0 Å². The Morgan fingerprint density at radius 3 is 2.87 bits per heavy atom. The molecule has 0 fully saturated rings. The van der Waals surface area contributed by atoms with Gasteiger partial charge in [-0.25, -0.2) is 9.97 Å². The van der Waals surface area contributed by atoms with Crippen molar-refractivity contribution in [2.24, 2.45) is 0 Å². The van der Waals surface area contributed by atoms with Gasteiger partial charge >= 0.3 is 0 Å². The van der Waals surface area contributed by atoms with Gasteiger partial charge in [0.15, 0.2) is 5.13 Å². The van der Waals surface area contributed by atoms with Gasteiger partial charge in [0, 0.05) is 22.6 Å². The molecule has 9 nitrogen and oxygen atoms in total. The van der Waals surface area contributed by atoms with E-state index in [0.29, 0.717) is 33.0 Å². The van der Waals surface area contributed by atoms with Gasteiger partial charge in [-0.05, 0) is 19.1 Å². The summed E-state index contributed by atoms with van der Waals surface area (Å²) in [4.78, 5) is 43.8. The van der Waals surface area contributed by atoms with Crippen molar-refractivity contribution in [2.75, 3.05) is 5.32 Å². The fourth-order valence-electron chi connectivity index (χ4n) is 3.01. The number of hydrogen-bond acceptors (Lipinski definition) is 7. The Balaban J connectivity index is 1.55.